The predicted molar refractivity (Wildman–Crippen MR) is 85.0 cm³/mol. The topological polar surface area (TPSA) is 55.1 Å². The van der Waals surface area contributed by atoms with Gasteiger partial charge in [-0.3, -0.25) is 4.79 Å². The lowest BCUT2D eigenvalue weighted by molar-refractivity contribution is 0.0949. The van der Waals surface area contributed by atoms with Gasteiger partial charge in [0.25, 0.3) is 5.91 Å². The SMILES string of the molecule is CCC(CC)(CNC(=O)c1ccc(N)cc1Cl)SC. The molecule has 0 aromatic heterocycles. The Morgan fingerprint density at radius 2 is 2.05 bits per heavy atom. The molecule has 3 nitrogen and oxygen atoms in total. The molecule has 0 aliphatic rings. The second-order valence-electron chi connectivity index (χ2n) is 4.52. The van der Waals surface area contributed by atoms with Crippen molar-refractivity contribution in [1.29, 1.82) is 0 Å². The van der Waals surface area contributed by atoms with Crippen LogP contribution >= 0.6 is 23.4 Å². The lowest BCUT2D eigenvalue weighted by Crippen LogP contribution is -2.39. The second-order valence-corrected chi connectivity index (χ2v) is 6.20. The number of hydrogen-bond donors (Lipinski definition) is 2. The standard InChI is InChI=1S/C14H21ClN2OS/c1-4-14(5-2,19-3)9-17-13(18)11-7-6-10(16)8-12(11)15/h6-8H,4-5,9,16H2,1-3H3,(H,17,18). The molecular formula is C14H21ClN2OS. The van der Waals surface area contributed by atoms with E-state index in [1.807, 2.05) is 0 Å². The van der Waals surface area contributed by atoms with Crippen LogP contribution in [0.4, 0.5) is 5.69 Å². The number of hydrogen-bond acceptors (Lipinski definition) is 3. The van der Waals surface area contributed by atoms with Gasteiger partial charge < -0.3 is 11.1 Å². The van der Waals surface area contributed by atoms with E-state index in [1.54, 1.807) is 30.0 Å². The fraction of sp³-hybridized carbons (Fsp3) is 0.500. The van der Waals surface area contributed by atoms with Crippen molar-refractivity contribution in [3.63, 3.8) is 0 Å². The molecule has 1 amide bonds. The number of anilines is 1. The summed E-state index contributed by atoms with van der Waals surface area (Å²) >= 11 is 7.82. The first-order valence-electron chi connectivity index (χ1n) is 6.36. The highest BCUT2D eigenvalue weighted by atomic mass is 35.5. The van der Waals surface area contributed by atoms with Gasteiger partial charge in [0.1, 0.15) is 0 Å². The molecule has 0 saturated heterocycles. The maximum Gasteiger partial charge on any atom is 0.252 e. The fourth-order valence-electron chi connectivity index (χ4n) is 1.91. The molecular weight excluding hydrogens is 280 g/mol. The Balaban J connectivity index is 2.75. The zero-order valence-corrected chi connectivity index (χ0v) is 13.2. The minimum Gasteiger partial charge on any atom is -0.399 e. The van der Waals surface area contributed by atoms with Gasteiger partial charge in [-0.15, -0.1) is 0 Å². The third-order valence-corrected chi connectivity index (χ3v) is 5.43. The lowest BCUT2D eigenvalue weighted by atomic mass is 10.0. The summed E-state index contributed by atoms with van der Waals surface area (Å²) in [6, 6.07) is 4.94. The van der Waals surface area contributed by atoms with Gasteiger partial charge in [0, 0.05) is 17.0 Å². The van der Waals surface area contributed by atoms with Gasteiger partial charge in [-0.25, -0.2) is 0 Å². The molecule has 106 valence electrons. The number of benzene rings is 1. The number of halogens is 1. The zero-order chi connectivity index (χ0) is 14.5. The Morgan fingerprint density at radius 3 is 2.53 bits per heavy atom. The van der Waals surface area contributed by atoms with Crippen molar-refractivity contribution in [1.82, 2.24) is 5.32 Å². The van der Waals surface area contributed by atoms with Crippen molar-refractivity contribution in [3.8, 4) is 0 Å². The van der Waals surface area contributed by atoms with Crippen molar-refractivity contribution in [2.75, 3.05) is 18.5 Å². The highest BCUT2D eigenvalue weighted by molar-refractivity contribution is 8.00. The molecule has 0 atom stereocenters. The minimum absolute atomic E-state index is 0.0932. The van der Waals surface area contributed by atoms with E-state index in [0.29, 0.717) is 22.8 Å². The molecule has 1 aromatic rings. The van der Waals surface area contributed by atoms with Crippen LogP contribution in [-0.2, 0) is 0 Å². The third kappa shape index (κ3) is 4.05. The largest absolute Gasteiger partial charge is 0.399 e. The molecule has 0 aliphatic carbocycles. The summed E-state index contributed by atoms with van der Waals surface area (Å²) in [6.45, 7) is 4.92. The van der Waals surface area contributed by atoms with Crippen LogP contribution < -0.4 is 11.1 Å². The fourth-order valence-corrected chi connectivity index (χ4v) is 2.98. The molecule has 5 heteroatoms. The predicted octanol–water partition coefficient (Wildman–Crippen LogP) is 3.57. The number of carbonyl (C=O) groups excluding carboxylic acids is 1. The number of nitrogen functional groups attached to an aromatic ring is 1. The van der Waals surface area contributed by atoms with E-state index in [9.17, 15) is 4.79 Å². The Labute approximate surface area is 124 Å². The normalized spacial score (nSPS) is 11.4. The molecule has 0 spiro atoms. The number of carbonyl (C=O) groups is 1. The van der Waals surface area contributed by atoms with Crippen LogP contribution in [0, 0.1) is 0 Å². The Bertz CT molecular complexity index is 439. The van der Waals surface area contributed by atoms with Crippen LogP contribution in [0.15, 0.2) is 18.2 Å². The van der Waals surface area contributed by atoms with E-state index in [-0.39, 0.29) is 10.7 Å². The van der Waals surface area contributed by atoms with E-state index in [2.05, 4.69) is 25.4 Å². The zero-order valence-electron chi connectivity index (χ0n) is 11.6. The van der Waals surface area contributed by atoms with Crippen molar-refractivity contribution in [2.45, 2.75) is 31.4 Å². The number of nitrogens with one attached hydrogen (secondary N) is 1. The molecule has 1 aromatic carbocycles. The first kappa shape index (κ1) is 16.2. The number of nitrogens with two attached hydrogens (primary N) is 1. The molecule has 0 fully saturated rings. The van der Waals surface area contributed by atoms with Crippen LogP contribution in [0.3, 0.4) is 0 Å². The van der Waals surface area contributed by atoms with Crippen LogP contribution in [0.1, 0.15) is 37.0 Å². The average Bonchev–Trinajstić information content (AvgIpc) is 2.40. The molecule has 0 unspecified atom stereocenters. The van der Waals surface area contributed by atoms with Crippen LogP contribution in [-0.4, -0.2) is 23.5 Å². The molecule has 0 heterocycles. The van der Waals surface area contributed by atoms with Crippen LogP contribution in [0.25, 0.3) is 0 Å². The summed E-state index contributed by atoms with van der Waals surface area (Å²) < 4.78 is 0.0932. The van der Waals surface area contributed by atoms with Gasteiger partial charge in [-0.2, -0.15) is 11.8 Å². The summed E-state index contributed by atoms with van der Waals surface area (Å²) in [6.07, 6.45) is 4.11. The van der Waals surface area contributed by atoms with Gasteiger partial charge >= 0.3 is 0 Å². The maximum absolute atomic E-state index is 12.1. The number of thioether (sulfide) groups is 1. The summed E-state index contributed by atoms with van der Waals surface area (Å²) in [5.74, 6) is -0.148. The highest BCUT2D eigenvalue weighted by Gasteiger charge is 2.25. The number of rotatable bonds is 6. The minimum atomic E-state index is -0.148. The molecule has 0 aliphatic heterocycles. The first-order valence-corrected chi connectivity index (χ1v) is 7.96. The Hall–Kier alpha value is -0.870. The van der Waals surface area contributed by atoms with Crippen LogP contribution in [0.5, 0.6) is 0 Å². The van der Waals surface area contributed by atoms with Crippen LogP contribution in [0.2, 0.25) is 5.02 Å². The Kier molecular flexibility index (Phi) is 6.01. The molecule has 19 heavy (non-hydrogen) atoms. The van der Waals surface area contributed by atoms with E-state index >= 15 is 0 Å². The summed E-state index contributed by atoms with van der Waals surface area (Å²) in [4.78, 5) is 12.1. The molecule has 0 bridgehead atoms. The first-order chi connectivity index (χ1) is 8.98. The van der Waals surface area contributed by atoms with E-state index in [4.69, 9.17) is 17.3 Å². The second kappa shape index (κ2) is 7.06. The van der Waals surface area contributed by atoms with Gasteiger partial charge in [-0.05, 0) is 37.3 Å². The summed E-state index contributed by atoms with van der Waals surface area (Å²) in [5.41, 5.74) is 6.64. The molecule has 0 saturated carbocycles. The van der Waals surface area contributed by atoms with Crippen molar-refractivity contribution >= 4 is 35.0 Å². The van der Waals surface area contributed by atoms with Gasteiger partial charge in [0.05, 0.1) is 10.6 Å². The van der Waals surface area contributed by atoms with E-state index in [0.717, 1.165) is 12.8 Å². The average molecular weight is 301 g/mol. The smallest absolute Gasteiger partial charge is 0.252 e. The highest BCUT2D eigenvalue weighted by Crippen LogP contribution is 2.29. The third-order valence-electron chi connectivity index (χ3n) is 3.53. The molecule has 1 rings (SSSR count). The van der Waals surface area contributed by atoms with Gasteiger partial charge in [0.15, 0.2) is 0 Å². The quantitative estimate of drug-likeness (QED) is 0.790. The van der Waals surface area contributed by atoms with Crippen molar-refractivity contribution in [3.05, 3.63) is 28.8 Å². The van der Waals surface area contributed by atoms with E-state index < -0.39 is 0 Å². The summed E-state index contributed by atoms with van der Waals surface area (Å²) in [7, 11) is 0. The van der Waals surface area contributed by atoms with Crippen molar-refractivity contribution < 1.29 is 4.79 Å². The van der Waals surface area contributed by atoms with Gasteiger partial charge in [-0.1, -0.05) is 25.4 Å². The Morgan fingerprint density at radius 1 is 1.42 bits per heavy atom. The molecule has 3 N–H and O–H groups in total. The number of amides is 1. The lowest BCUT2D eigenvalue weighted by Gasteiger charge is -2.29. The van der Waals surface area contributed by atoms with E-state index in [1.165, 1.54) is 0 Å². The monoisotopic (exact) mass is 300 g/mol. The summed E-state index contributed by atoms with van der Waals surface area (Å²) in [5, 5.41) is 3.36. The molecule has 0 radical (unpaired) electrons. The maximum atomic E-state index is 12.1. The van der Waals surface area contributed by atoms with Crippen molar-refractivity contribution in [2.24, 2.45) is 0 Å². The van der Waals surface area contributed by atoms with Gasteiger partial charge in [0.2, 0.25) is 0 Å².